The molecule has 0 spiro atoms. The quantitative estimate of drug-likeness (QED) is 0.816. The van der Waals surface area contributed by atoms with Crippen LogP contribution in [-0.2, 0) is 16.6 Å². The molecular weight excluding hydrogens is 336 g/mol. The lowest BCUT2D eigenvalue weighted by molar-refractivity contribution is -0.121. The lowest BCUT2D eigenvalue weighted by Gasteiger charge is -2.41. The second kappa shape index (κ2) is 9.05. The van der Waals surface area contributed by atoms with E-state index in [9.17, 15) is 4.79 Å². The van der Waals surface area contributed by atoms with Crippen molar-refractivity contribution < 1.29 is 9.53 Å². The van der Waals surface area contributed by atoms with Crippen LogP contribution in [0.1, 0.15) is 30.4 Å². The Kier molecular flexibility index (Phi) is 6.51. The van der Waals surface area contributed by atoms with Gasteiger partial charge >= 0.3 is 0 Å². The van der Waals surface area contributed by atoms with Crippen LogP contribution in [0.25, 0.3) is 0 Å². The molecule has 1 fully saturated rings. The van der Waals surface area contributed by atoms with Gasteiger partial charge < -0.3 is 15.0 Å². The van der Waals surface area contributed by atoms with E-state index in [-0.39, 0.29) is 11.3 Å². The number of carbonyl (C=O) groups is 1. The van der Waals surface area contributed by atoms with Gasteiger partial charge in [0.15, 0.2) is 0 Å². The smallest absolute Gasteiger partial charge is 0.220 e. The number of piperidine rings is 1. The first-order chi connectivity index (χ1) is 13.1. The van der Waals surface area contributed by atoms with Crippen molar-refractivity contribution in [2.75, 3.05) is 33.8 Å². The van der Waals surface area contributed by atoms with Crippen LogP contribution < -0.4 is 10.1 Å². The minimum absolute atomic E-state index is 0.0356. The summed E-state index contributed by atoms with van der Waals surface area (Å²) in [6.45, 7) is 2.83. The van der Waals surface area contributed by atoms with Crippen molar-refractivity contribution in [2.45, 2.75) is 31.1 Å². The van der Waals surface area contributed by atoms with Gasteiger partial charge in [-0.1, -0.05) is 48.5 Å². The normalized spacial score (nSPS) is 16.7. The Morgan fingerprint density at radius 2 is 1.74 bits per heavy atom. The third-order valence-corrected chi connectivity index (χ3v) is 5.77. The van der Waals surface area contributed by atoms with Gasteiger partial charge in [-0.25, -0.2) is 0 Å². The van der Waals surface area contributed by atoms with Crippen LogP contribution in [-0.4, -0.2) is 44.6 Å². The van der Waals surface area contributed by atoms with Crippen LogP contribution in [0, 0.1) is 0 Å². The van der Waals surface area contributed by atoms with E-state index in [4.69, 9.17) is 4.74 Å². The molecule has 1 amide bonds. The Labute approximate surface area is 162 Å². The number of aryl methyl sites for hydroxylation is 1. The molecule has 0 bridgehead atoms. The van der Waals surface area contributed by atoms with Gasteiger partial charge in [0.25, 0.3) is 0 Å². The number of methoxy groups -OCH3 is 1. The van der Waals surface area contributed by atoms with Gasteiger partial charge in [-0.05, 0) is 56.6 Å². The number of hydrogen-bond acceptors (Lipinski definition) is 3. The van der Waals surface area contributed by atoms with Crippen LogP contribution in [0.4, 0.5) is 0 Å². The molecule has 3 rings (SSSR count). The van der Waals surface area contributed by atoms with Gasteiger partial charge in [0.05, 0.1) is 7.11 Å². The summed E-state index contributed by atoms with van der Waals surface area (Å²) in [5.74, 6) is 0.955. The molecule has 1 saturated heterocycles. The number of amides is 1. The van der Waals surface area contributed by atoms with Crippen molar-refractivity contribution in [3.8, 4) is 5.75 Å². The Bertz CT molecular complexity index is 737. The summed E-state index contributed by atoms with van der Waals surface area (Å²) in [5.41, 5.74) is 2.45. The predicted molar refractivity (Wildman–Crippen MR) is 109 cm³/mol. The van der Waals surface area contributed by atoms with Crippen molar-refractivity contribution in [1.29, 1.82) is 0 Å². The molecule has 1 N–H and O–H groups in total. The molecule has 1 aliphatic rings. The van der Waals surface area contributed by atoms with E-state index in [2.05, 4.69) is 47.6 Å². The lowest BCUT2D eigenvalue weighted by atomic mass is 9.72. The lowest BCUT2D eigenvalue weighted by Crippen LogP contribution is -2.48. The molecule has 0 atom stereocenters. The van der Waals surface area contributed by atoms with Crippen molar-refractivity contribution >= 4 is 5.91 Å². The molecule has 0 aliphatic carbocycles. The minimum atomic E-state index is 0.0356. The number of carbonyl (C=O) groups excluding carboxylic acids is 1. The molecule has 1 aliphatic heterocycles. The fraction of sp³-hybridized carbons (Fsp3) is 0.435. The van der Waals surface area contributed by atoms with Crippen LogP contribution in [0.2, 0.25) is 0 Å². The molecule has 4 nitrogen and oxygen atoms in total. The first-order valence-corrected chi connectivity index (χ1v) is 9.76. The van der Waals surface area contributed by atoms with E-state index in [0.717, 1.165) is 37.2 Å². The van der Waals surface area contributed by atoms with Crippen LogP contribution in [0.3, 0.4) is 0 Å². The third-order valence-electron chi connectivity index (χ3n) is 5.77. The maximum Gasteiger partial charge on any atom is 0.220 e. The van der Waals surface area contributed by atoms with Crippen LogP contribution in [0.15, 0.2) is 54.6 Å². The SMILES string of the molecule is COc1ccccc1CCC(=O)NCC1(c2ccccc2)CCN(C)CC1. The molecular formula is C23H30N2O2. The molecule has 0 radical (unpaired) electrons. The molecule has 144 valence electrons. The van der Waals surface area contributed by atoms with Crippen LogP contribution >= 0.6 is 0 Å². The van der Waals surface area contributed by atoms with Crippen molar-refractivity contribution in [3.63, 3.8) is 0 Å². The van der Waals surface area contributed by atoms with Gasteiger partial charge in [-0.3, -0.25) is 4.79 Å². The van der Waals surface area contributed by atoms with Gasteiger partial charge in [-0.15, -0.1) is 0 Å². The van der Waals surface area contributed by atoms with E-state index in [1.165, 1.54) is 5.56 Å². The summed E-state index contributed by atoms with van der Waals surface area (Å²) in [7, 11) is 3.84. The summed E-state index contributed by atoms with van der Waals surface area (Å²) < 4.78 is 5.38. The summed E-state index contributed by atoms with van der Waals surface area (Å²) in [6.07, 6.45) is 3.31. The van der Waals surface area contributed by atoms with Gasteiger partial charge in [0, 0.05) is 18.4 Å². The summed E-state index contributed by atoms with van der Waals surface area (Å²) in [5, 5.41) is 3.22. The van der Waals surface area contributed by atoms with E-state index >= 15 is 0 Å². The van der Waals surface area contributed by atoms with Gasteiger partial charge in [0.1, 0.15) is 5.75 Å². The zero-order chi connectivity index (χ0) is 19.1. The van der Waals surface area contributed by atoms with E-state index in [1.54, 1.807) is 7.11 Å². The monoisotopic (exact) mass is 366 g/mol. The molecule has 0 aromatic heterocycles. The van der Waals surface area contributed by atoms with E-state index in [1.807, 2.05) is 24.3 Å². The zero-order valence-corrected chi connectivity index (χ0v) is 16.4. The number of benzene rings is 2. The maximum absolute atomic E-state index is 12.5. The topological polar surface area (TPSA) is 41.6 Å². The molecule has 2 aromatic carbocycles. The van der Waals surface area contributed by atoms with Crippen molar-refractivity contribution in [3.05, 3.63) is 65.7 Å². The predicted octanol–water partition coefficient (Wildman–Crippen LogP) is 3.41. The fourth-order valence-corrected chi connectivity index (χ4v) is 3.92. The number of nitrogens with one attached hydrogen (secondary N) is 1. The number of nitrogens with zero attached hydrogens (tertiary/aromatic N) is 1. The average molecular weight is 367 g/mol. The number of hydrogen-bond donors (Lipinski definition) is 1. The molecule has 0 saturated carbocycles. The first-order valence-electron chi connectivity index (χ1n) is 9.76. The molecule has 0 unspecified atom stereocenters. The number of likely N-dealkylation sites (tertiary alicyclic amines) is 1. The highest BCUT2D eigenvalue weighted by Gasteiger charge is 2.35. The Hall–Kier alpha value is -2.33. The molecule has 27 heavy (non-hydrogen) atoms. The van der Waals surface area contributed by atoms with Crippen molar-refractivity contribution in [2.24, 2.45) is 0 Å². The van der Waals surface area contributed by atoms with Crippen LogP contribution in [0.5, 0.6) is 5.75 Å². The van der Waals surface area contributed by atoms with Gasteiger partial charge in [-0.2, -0.15) is 0 Å². The maximum atomic E-state index is 12.5. The second-order valence-corrected chi connectivity index (χ2v) is 7.54. The Balaban J connectivity index is 1.61. The number of ether oxygens (including phenoxy) is 1. The van der Waals surface area contributed by atoms with Gasteiger partial charge in [0.2, 0.25) is 5.91 Å². The third kappa shape index (κ3) is 4.89. The highest BCUT2D eigenvalue weighted by Crippen LogP contribution is 2.34. The number of rotatable bonds is 7. The Morgan fingerprint density at radius 1 is 1.07 bits per heavy atom. The minimum Gasteiger partial charge on any atom is -0.496 e. The number of para-hydroxylation sites is 1. The summed E-state index contributed by atoms with van der Waals surface area (Å²) in [6, 6.07) is 18.5. The van der Waals surface area contributed by atoms with E-state index < -0.39 is 0 Å². The summed E-state index contributed by atoms with van der Waals surface area (Å²) >= 11 is 0. The first kappa shape index (κ1) is 19.4. The molecule has 4 heteroatoms. The largest absolute Gasteiger partial charge is 0.496 e. The highest BCUT2D eigenvalue weighted by atomic mass is 16.5. The Morgan fingerprint density at radius 3 is 2.44 bits per heavy atom. The van der Waals surface area contributed by atoms with E-state index in [0.29, 0.717) is 19.4 Å². The zero-order valence-electron chi connectivity index (χ0n) is 16.4. The molecule has 1 heterocycles. The molecule has 2 aromatic rings. The standard InChI is InChI=1S/C23H30N2O2/c1-25-16-14-23(15-17-25,20-9-4-3-5-10-20)18-24-22(26)13-12-19-8-6-7-11-21(19)27-2/h3-11H,12-18H2,1-2H3,(H,24,26). The highest BCUT2D eigenvalue weighted by molar-refractivity contribution is 5.76. The van der Waals surface area contributed by atoms with Crippen molar-refractivity contribution in [1.82, 2.24) is 10.2 Å². The second-order valence-electron chi connectivity index (χ2n) is 7.54. The summed E-state index contributed by atoms with van der Waals surface area (Å²) in [4.78, 5) is 14.9. The average Bonchev–Trinajstić information content (AvgIpc) is 2.73. The fourth-order valence-electron chi connectivity index (χ4n) is 3.92.